The van der Waals surface area contributed by atoms with Crippen molar-refractivity contribution in [2.45, 2.75) is 196 Å². The molecule has 4 aromatic carbocycles. The molecule has 0 spiro atoms. The van der Waals surface area contributed by atoms with Crippen molar-refractivity contribution >= 4 is 71.3 Å². The average molecular weight is 985 g/mol. The van der Waals surface area contributed by atoms with E-state index < -0.39 is 39.0 Å². The molecule has 366 valence electrons. The van der Waals surface area contributed by atoms with Gasteiger partial charge in [-0.1, -0.05) is 188 Å². The largest absolute Gasteiger partial charge is 0.465 e. The molecule has 2 heterocycles. The van der Waals surface area contributed by atoms with E-state index in [0.717, 1.165) is 60.3 Å². The molecular weight excluding hydrogens is 903 g/mol. The smallest absolute Gasteiger partial charge is 0.417 e. The third kappa shape index (κ3) is 11.5. The minimum atomic E-state index is -2.24. The van der Waals surface area contributed by atoms with Crippen LogP contribution in [0.1, 0.15) is 158 Å². The van der Waals surface area contributed by atoms with E-state index in [0.29, 0.717) is 5.75 Å². The van der Waals surface area contributed by atoms with Crippen LogP contribution < -0.4 is 19.4 Å². The first-order chi connectivity index (χ1) is 30.2. The van der Waals surface area contributed by atoms with Gasteiger partial charge in [-0.3, -0.25) is 4.52 Å². The van der Waals surface area contributed by atoms with E-state index in [1.807, 2.05) is 0 Å². The minimum absolute atomic E-state index is 0.132. The Balaban J connectivity index is 1.89. The second kappa shape index (κ2) is 17.5. The molecule has 1 fully saturated rings. The first-order valence-corrected chi connectivity index (χ1v) is 33.3. The van der Waals surface area contributed by atoms with Gasteiger partial charge < -0.3 is 22.0 Å². The van der Waals surface area contributed by atoms with Gasteiger partial charge in [-0.15, -0.1) is 0 Å². The van der Waals surface area contributed by atoms with Crippen LogP contribution in [0.4, 0.5) is 0 Å². The number of carbonyl (C=O) groups excluding carboxylic acids is 1. The van der Waals surface area contributed by atoms with Crippen molar-refractivity contribution in [3.05, 3.63) is 81.9 Å². The van der Waals surface area contributed by atoms with Crippen LogP contribution in [0, 0.1) is 0 Å². The van der Waals surface area contributed by atoms with Crippen LogP contribution in [-0.4, -0.2) is 28.7 Å². The van der Waals surface area contributed by atoms with Crippen LogP contribution in [-0.2, 0) is 46.3 Å². The molecule has 0 amide bonds. The summed E-state index contributed by atoms with van der Waals surface area (Å²) < 4.78 is 41.0. The summed E-state index contributed by atoms with van der Waals surface area (Å²) in [6.07, 6.45) is 0. The molecule has 0 saturated carbocycles. The van der Waals surface area contributed by atoms with E-state index in [2.05, 4.69) is 212 Å². The van der Waals surface area contributed by atoms with Crippen LogP contribution in [0.25, 0.3) is 33.1 Å². The summed E-state index contributed by atoms with van der Waals surface area (Å²) in [5.41, 5.74) is 9.16. The van der Waals surface area contributed by atoms with Crippen LogP contribution in [0.15, 0.2) is 56.9 Å². The van der Waals surface area contributed by atoms with E-state index in [9.17, 15) is 4.79 Å². The predicted molar refractivity (Wildman–Crippen MR) is 292 cm³/mol. The molecule has 1 aromatic heterocycles. The van der Waals surface area contributed by atoms with Gasteiger partial charge >= 0.3 is 22.8 Å². The number of benzene rings is 4. The Morgan fingerprint density at radius 1 is 0.463 bits per heavy atom. The maximum atomic E-state index is 12.5. The lowest BCUT2D eigenvalue weighted by molar-refractivity contribution is -0.132. The molecule has 1 aliphatic rings. The van der Waals surface area contributed by atoms with Gasteiger partial charge in [0.1, 0.15) is 22.7 Å². The van der Waals surface area contributed by atoms with Gasteiger partial charge in [0, 0.05) is 33.0 Å². The highest BCUT2D eigenvalue weighted by Crippen LogP contribution is 2.52. The summed E-state index contributed by atoms with van der Waals surface area (Å²) in [7, 11) is -8.52. The summed E-state index contributed by atoms with van der Waals surface area (Å²) in [4.78, 5) is 12.5. The number of carbonyl (C=O) groups is 1. The summed E-state index contributed by atoms with van der Waals surface area (Å²) in [6, 6.07) is 18.6. The van der Waals surface area contributed by atoms with Gasteiger partial charge in [0.2, 0.25) is 0 Å². The Morgan fingerprint density at radius 2 is 0.806 bits per heavy atom. The monoisotopic (exact) mass is 985 g/mol. The fraction of sp³-hybridized carbons (Fsp3) is 0.554. The molecule has 1 aliphatic heterocycles. The molecule has 5 aromatic rings. The molecule has 0 bridgehead atoms. The van der Waals surface area contributed by atoms with Gasteiger partial charge in [-0.25, -0.2) is 4.79 Å². The number of fused-ring (bicyclic) bond motifs is 3. The number of hydrogen-bond donors (Lipinski definition) is 0. The number of hydrogen-bond acceptors (Lipinski definition) is 7. The molecule has 67 heavy (non-hydrogen) atoms. The first kappa shape index (κ1) is 53.0. The predicted octanol–water partition coefficient (Wildman–Crippen LogP) is 16.9. The van der Waals surface area contributed by atoms with Crippen LogP contribution in [0.3, 0.4) is 0 Å². The highest BCUT2D eigenvalue weighted by Gasteiger charge is 2.38. The fourth-order valence-electron chi connectivity index (χ4n) is 8.31. The maximum absolute atomic E-state index is 12.5. The summed E-state index contributed by atoms with van der Waals surface area (Å²) >= 11 is 0. The van der Waals surface area contributed by atoms with Gasteiger partial charge in [0.05, 0.1) is 16.1 Å². The van der Waals surface area contributed by atoms with Crippen molar-refractivity contribution in [1.82, 2.24) is 0 Å². The van der Waals surface area contributed by atoms with Crippen molar-refractivity contribution in [2.75, 3.05) is 6.61 Å². The van der Waals surface area contributed by atoms with E-state index in [-0.39, 0.29) is 39.1 Å². The van der Waals surface area contributed by atoms with Crippen molar-refractivity contribution in [2.24, 2.45) is 0 Å². The highest BCUT2D eigenvalue weighted by molar-refractivity contribution is 7.43. The quantitative estimate of drug-likeness (QED) is 0.119. The summed E-state index contributed by atoms with van der Waals surface area (Å²) in [5, 5.41) is 4.32. The third-order valence-electron chi connectivity index (χ3n) is 12.8. The zero-order valence-electron chi connectivity index (χ0n) is 45.6. The Labute approximate surface area is 408 Å². The maximum Gasteiger partial charge on any atom is 0.465 e. The lowest BCUT2D eigenvalue weighted by Crippen LogP contribution is -2.40. The average Bonchev–Trinajstić information content (AvgIpc) is 3.47. The zero-order valence-corrected chi connectivity index (χ0v) is 49.4. The van der Waals surface area contributed by atoms with Crippen molar-refractivity contribution in [3.8, 4) is 22.6 Å². The van der Waals surface area contributed by atoms with Crippen LogP contribution in [0.5, 0.6) is 11.5 Å². The standard InChI is InChI=1S/C56H82O7P2Si2/c1-51(2,3)34-25-38-39-26-35(52(4,5)6)30-43(56(16,17)18)48(39)61-65(60-47(38)42(29-34)55(13,14)15)63-50-41(28-37(54(10,11)12)32-45(50)67(22,23)24)40-27-36(53(7,8)9)31-44(66(19,20)21)49(40)62-64-58-33-46(57)59-64/h25-32H,33H2,1-24H3. The van der Waals surface area contributed by atoms with E-state index in [1.165, 1.54) is 22.3 Å². The molecule has 0 radical (unpaired) electrons. The molecule has 0 N–H and O–H groups in total. The molecule has 0 aliphatic carbocycles. The first-order valence-electron chi connectivity index (χ1n) is 24.1. The second-order valence-corrected chi connectivity index (χ2v) is 39.3. The Bertz CT molecular complexity index is 2670. The normalized spacial score (nSPS) is 15.9. The zero-order chi connectivity index (χ0) is 50.6. The van der Waals surface area contributed by atoms with Crippen LogP contribution >= 0.6 is 16.8 Å². The Kier molecular flexibility index (Phi) is 13.9. The number of rotatable bonds is 7. The van der Waals surface area contributed by atoms with E-state index >= 15 is 0 Å². The molecule has 1 unspecified atom stereocenters. The van der Waals surface area contributed by atoms with Crippen molar-refractivity contribution in [3.63, 3.8) is 0 Å². The molecule has 11 heteroatoms. The molecule has 1 saturated heterocycles. The lowest BCUT2D eigenvalue weighted by Gasteiger charge is -2.31. The van der Waals surface area contributed by atoms with Gasteiger partial charge in [-0.2, -0.15) is 0 Å². The van der Waals surface area contributed by atoms with Crippen LogP contribution in [0.2, 0.25) is 39.3 Å². The molecule has 7 nitrogen and oxygen atoms in total. The van der Waals surface area contributed by atoms with E-state index in [1.54, 1.807) is 0 Å². The van der Waals surface area contributed by atoms with Crippen molar-refractivity contribution < 1.29 is 31.3 Å². The lowest BCUT2D eigenvalue weighted by atomic mass is 9.77. The fourth-order valence-corrected chi connectivity index (χ4v) is 13.5. The highest BCUT2D eigenvalue weighted by atomic mass is 31.2. The Hall–Kier alpha value is -3.33. The van der Waals surface area contributed by atoms with Crippen molar-refractivity contribution in [1.29, 1.82) is 0 Å². The van der Waals surface area contributed by atoms with Gasteiger partial charge in [-0.05, 0) is 89.4 Å². The second-order valence-electron chi connectivity index (χ2n) is 27.2. The Morgan fingerprint density at radius 3 is 1.10 bits per heavy atom. The summed E-state index contributed by atoms with van der Waals surface area (Å²) in [6.45, 7) is 54.8. The summed E-state index contributed by atoms with van der Waals surface area (Å²) in [5.74, 6) is 0.976. The van der Waals surface area contributed by atoms with Gasteiger partial charge in [0.15, 0.2) is 6.61 Å². The van der Waals surface area contributed by atoms with Gasteiger partial charge in [0.25, 0.3) is 0 Å². The molecular formula is C56H82O7P2Si2. The molecule has 1 atom stereocenters. The van der Waals surface area contributed by atoms with E-state index in [4.69, 9.17) is 26.5 Å². The third-order valence-corrected chi connectivity index (χ3v) is 18.8. The topological polar surface area (TPSA) is 80.3 Å². The molecule has 6 rings (SSSR count). The SMILES string of the molecule is CC(C)(C)c1cc(-c2cc(C(C)(C)C)cc([Si](C)(C)C)c2Op2oc3c(C(C)(C)C)cc(C(C)(C)C)cc3c3cc(C(C)(C)C)cc(C(C)(C)C)c3o2)c(OP2OCC(=O)O2)c([Si](C)(C)C)c1. The minimum Gasteiger partial charge on any atom is -0.417 e.